The van der Waals surface area contributed by atoms with Gasteiger partial charge in [0.25, 0.3) is 16.7 Å². The van der Waals surface area contributed by atoms with Crippen LogP contribution in [0.1, 0.15) is 100 Å². The Bertz CT molecular complexity index is 4710. The summed E-state index contributed by atoms with van der Waals surface area (Å²) in [7, 11) is 1.38. The van der Waals surface area contributed by atoms with Gasteiger partial charge in [-0.05, 0) is 118 Å². The maximum Gasteiger partial charge on any atom is 0.338 e. The molecular weight excluding hydrogens is 1510 g/mol. The fraction of sp³-hybridized carbons (Fsp3) is 0.229. The molecule has 0 amide bonds. The van der Waals surface area contributed by atoms with E-state index in [1.165, 1.54) is 45.4 Å². The van der Waals surface area contributed by atoms with E-state index in [0.29, 0.717) is 40.5 Å². The summed E-state index contributed by atoms with van der Waals surface area (Å²) in [4.78, 5) is 152. The number of nitrogens with zero attached hydrogens (tertiary/aromatic N) is 4. The Morgan fingerprint density at radius 3 is 1.05 bits per heavy atom. The molecule has 29 heteroatoms. The summed E-state index contributed by atoms with van der Waals surface area (Å²) in [6.07, 6.45) is -2.75. The third-order valence-electron chi connectivity index (χ3n) is 15.5. The summed E-state index contributed by atoms with van der Waals surface area (Å²) >= 11 is 3.65. The van der Waals surface area contributed by atoms with Gasteiger partial charge in [-0.2, -0.15) is 0 Å². The molecule has 0 saturated carbocycles. The van der Waals surface area contributed by atoms with Crippen molar-refractivity contribution in [3.63, 3.8) is 0 Å². The van der Waals surface area contributed by atoms with Gasteiger partial charge in [0.1, 0.15) is 75.1 Å². The quantitative estimate of drug-likeness (QED) is 0.0499. The highest BCUT2D eigenvalue weighted by atomic mass is 127. The smallest absolute Gasteiger partial charge is 0.338 e. The minimum absolute atomic E-state index is 0.133. The fourth-order valence-corrected chi connectivity index (χ4v) is 11.5. The van der Waals surface area contributed by atoms with E-state index < -0.39 is 125 Å². The Balaban J connectivity index is 0.000000161. The molecule has 0 bridgehead atoms. The van der Waals surface area contributed by atoms with Crippen LogP contribution in [-0.4, -0.2) is 120 Å². The molecule has 3 aliphatic heterocycles. The van der Waals surface area contributed by atoms with Crippen LogP contribution in [0.5, 0.6) is 0 Å². The van der Waals surface area contributed by atoms with Crippen LogP contribution in [0.2, 0.25) is 0 Å². The number of ether oxygens (including phenoxy) is 9. The van der Waals surface area contributed by atoms with Gasteiger partial charge >= 0.3 is 52.9 Å². The van der Waals surface area contributed by atoms with Gasteiger partial charge in [0.05, 0.1) is 40.5 Å². The van der Waals surface area contributed by atoms with Crippen LogP contribution in [0.4, 0.5) is 0 Å². The van der Waals surface area contributed by atoms with Crippen LogP contribution in [0, 0.1) is 7.14 Å². The Morgan fingerprint density at radius 1 is 0.404 bits per heavy atom. The minimum Gasteiger partial charge on any atom is -0.459 e. The average molecular weight is 1580 g/mol. The third-order valence-corrected chi connectivity index (χ3v) is 17.0. The number of rotatable bonds is 18. The van der Waals surface area contributed by atoms with Crippen molar-refractivity contribution in [3.05, 3.63) is 310 Å². The Kier molecular flexibility index (Phi) is 24.2. The third kappa shape index (κ3) is 18.6. The number of aromatic nitrogens is 6. The zero-order valence-corrected chi connectivity index (χ0v) is 56.5. The lowest BCUT2D eigenvalue weighted by molar-refractivity contribution is -0.0586. The van der Waals surface area contributed by atoms with E-state index in [9.17, 15) is 57.5 Å². The number of benzene rings is 6. The second kappa shape index (κ2) is 33.7. The van der Waals surface area contributed by atoms with Crippen LogP contribution >= 0.6 is 45.2 Å². The molecule has 9 aromatic rings. The van der Waals surface area contributed by atoms with E-state index in [-0.39, 0.29) is 39.1 Å². The Morgan fingerprint density at radius 2 is 0.707 bits per heavy atom. The van der Waals surface area contributed by atoms with Gasteiger partial charge < -0.3 is 42.6 Å². The molecule has 3 fully saturated rings. The topological polar surface area (TPSA) is 339 Å². The van der Waals surface area contributed by atoms with E-state index in [2.05, 4.69) is 9.97 Å². The second-order valence-electron chi connectivity index (χ2n) is 22.1. The van der Waals surface area contributed by atoms with Crippen LogP contribution in [-0.2, 0) is 49.7 Å². The van der Waals surface area contributed by atoms with Gasteiger partial charge in [-0.3, -0.25) is 42.6 Å². The number of carbonyl (C=O) groups is 6. The predicted octanol–water partition coefficient (Wildman–Crippen LogP) is 6.94. The standard InChI is InChI=1S/C24H21IN2O7.C23H19IN2O7.C23H20N2O7/c1-26-21(28)17(25)13-27(24(26)31)20-12-18(34-23(30)16-10-6-3-7-11-16)19(33-20)14-32-22(29)15-8-4-2-5-9-15;24-16-12-26(23(30)25-20(16)27)19-11-17(33-22(29)15-9-5-2-6-10-15)18(32-19)13-31-21(28)14-7-3-1-4-8-14;26-19-11-12-25(23(29)24-19)20-13-17(32-22(28)16-9-5-2-6-10-16)18(31-20)14-30-21(27)15-7-3-1-4-8-15/h2-11,13,18-20H,12,14H2,1H3;1-10,12,17-19H,11,13H2,(H,25,27,30);1-12,17-18,20H,13-14H2,(H,24,26,29)/t18-,19-,20-;17-,18-,19-;17-,18-,20-/m000/s1. The normalized spacial score (nSPS) is 19.7. The molecule has 6 heterocycles. The molecule has 9 atom stereocenters. The van der Waals surface area contributed by atoms with Crippen molar-refractivity contribution >= 4 is 81.0 Å². The molecule has 0 aliphatic carbocycles. The van der Waals surface area contributed by atoms with E-state index in [1.54, 1.807) is 182 Å². The molecular formula is C70H60I2N6O21. The van der Waals surface area contributed by atoms with Crippen molar-refractivity contribution in [2.24, 2.45) is 7.05 Å². The molecule has 3 aromatic heterocycles. The predicted molar refractivity (Wildman–Crippen MR) is 367 cm³/mol. The lowest BCUT2D eigenvalue weighted by atomic mass is 10.1. The van der Waals surface area contributed by atoms with Gasteiger partial charge in [0.15, 0.2) is 0 Å². The first-order valence-electron chi connectivity index (χ1n) is 30.5. The highest BCUT2D eigenvalue weighted by Gasteiger charge is 2.43. The first-order valence-corrected chi connectivity index (χ1v) is 32.6. The molecule has 2 N–H and O–H groups in total. The van der Waals surface area contributed by atoms with Crippen molar-refractivity contribution in [1.29, 1.82) is 0 Å². The summed E-state index contributed by atoms with van der Waals surface area (Å²) in [6.45, 7) is -0.560. The Labute approximate surface area is 588 Å². The molecule has 510 valence electrons. The molecule has 27 nitrogen and oxygen atoms in total. The van der Waals surface area contributed by atoms with Crippen molar-refractivity contribution < 1.29 is 71.4 Å². The summed E-state index contributed by atoms with van der Waals surface area (Å²) in [5.41, 5.74) is -1.14. The minimum atomic E-state index is -0.822. The number of esters is 6. The molecule has 0 unspecified atom stereocenters. The van der Waals surface area contributed by atoms with Gasteiger partial charge in [-0.25, -0.2) is 43.2 Å². The number of carbonyl (C=O) groups excluding carboxylic acids is 6. The summed E-state index contributed by atoms with van der Waals surface area (Å²) in [5.74, 6) is -3.33. The van der Waals surface area contributed by atoms with Crippen LogP contribution < -0.4 is 33.7 Å². The van der Waals surface area contributed by atoms with Crippen molar-refractivity contribution in [2.75, 3.05) is 19.8 Å². The number of H-pyrrole nitrogens is 2. The lowest BCUT2D eigenvalue weighted by Gasteiger charge is -2.19. The lowest BCUT2D eigenvalue weighted by Crippen LogP contribution is -2.40. The largest absolute Gasteiger partial charge is 0.459 e. The fourth-order valence-electron chi connectivity index (χ4n) is 10.4. The summed E-state index contributed by atoms with van der Waals surface area (Å²) in [6, 6.07) is 51.9. The van der Waals surface area contributed by atoms with Crippen molar-refractivity contribution in [1.82, 2.24) is 28.2 Å². The Hall–Kier alpha value is -10.5. The molecule has 6 aromatic carbocycles. The molecule has 12 rings (SSSR count). The zero-order chi connectivity index (χ0) is 70.1. The van der Waals surface area contributed by atoms with Gasteiger partial charge in [-0.15, -0.1) is 0 Å². The van der Waals surface area contributed by atoms with E-state index in [0.717, 1.165) is 4.57 Å². The van der Waals surface area contributed by atoms with E-state index in [4.69, 9.17) is 42.6 Å². The summed E-state index contributed by atoms with van der Waals surface area (Å²) in [5, 5.41) is 0. The van der Waals surface area contributed by atoms with Gasteiger partial charge in [0, 0.05) is 51.0 Å². The van der Waals surface area contributed by atoms with Gasteiger partial charge in [0.2, 0.25) is 0 Å². The number of aromatic amines is 2. The molecule has 99 heavy (non-hydrogen) atoms. The SMILES string of the molecule is Cn1c(=O)c(I)cn([C@@H]2C[C@H](OC(=O)c3ccccc3)[C@H](COC(=O)c3ccccc3)O2)c1=O.O=C(OC[C@@H]1O[C@H](n2cc(I)c(=O)[nH]c2=O)C[C@@H]1OC(=O)c1ccccc1)c1ccccc1.O=C(OC[C@@H]1O[C@H](n2ccc(=O)[nH]c2=O)C[C@@H]1OC(=O)c1ccccc1)c1ccccc1. The molecule has 0 radical (unpaired) electrons. The van der Waals surface area contributed by atoms with Crippen molar-refractivity contribution in [2.45, 2.75) is 74.6 Å². The van der Waals surface area contributed by atoms with E-state index in [1.807, 2.05) is 45.2 Å². The highest BCUT2D eigenvalue weighted by Crippen LogP contribution is 2.34. The molecule has 0 spiro atoms. The van der Waals surface area contributed by atoms with Crippen LogP contribution in [0.25, 0.3) is 0 Å². The maximum atomic E-state index is 12.7. The first-order chi connectivity index (χ1) is 47.8. The maximum absolute atomic E-state index is 12.7. The molecule has 3 saturated heterocycles. The van der Waals surface area contributed by atoms with E-state index >= 15 is 0 Å². The second-order valence-corrected chi connectivity index (χ2v) is 24.4. The zero-order valence-electron chi connectivity index (χ0n) is 52.2. The monoisotopic (exact) mass is 1570 g/mol. The van der Waals surface area contributed by atoms with Crippen molar-refractivity contribution in [3.8, 4) is 0 Å². The molecule has 3 aliphatic rings. The van der Waals surface area contributed by atoms with Gasteiger partial charge in [-0.1, -0.05) is 109 Å². The highest BCUT2D eigenvalue weighted by molar-refractivity contribution is 14.1. The number of hydrogen-bond donors (Lipinski definition) is 2. The first kappa shape index (κ1) is 71.3. The number of nitrogens with one attached hydrogen (secondary N) is 2. The summed E-state index contributed by atoms with van der Waals surface area (Å²) < 4.78 is 56.3. The van der Waals surface area contributed by atoms with Crippen LogP contribution in [0.3, 0.4) is 0 Å². The number of halogens is 2. The average Bonchev–Trinajstić information content (AvgIpc) is 1.70. The number of hydrogen-bond acceptors (Lipinski definition) is 21. The van der Waals surface area contributed by atoms with Crippen LogP contribution in [0.15, 0.2) is 235 Å².